The highest BCUT2D eigenvalue weighted by Crippen LogP contribution is 2.27. The maximum Gasteiger partial charge on any atom is 0.311 e. The van der Waals surface area contributed by atoms with E-state index >= 15 is 0 Å². The molecule has 0 fully saturated rings. The normalized spacial score (nSPS) is 12.3. The zero-order chi connectivity index (χ0) is 16.4. The fourth-order valence-electron chi connectivity index (χ4n) is 2.12. The second-order valence-corrected chi connectivity index (χ2v) is 5.74. The zero-order valence-electron chi connectivity index (χ0n) is 12.1. The molecule has 0 bridgehead atoms. The first-order valence-corrected chi connectivity index (χ1v) is 7.47. The number of fused-ring (bicyclic) bond motifs is 1. The van der Waals surface area contributed by atoms with Gasteiger partial charge in [0, 0.05) is 18.7 Å². The number of rotatable bonds is 3. The molecular weight excluding hydrogens is 316 g/mol. The second-order valence-electron chi connectivity index (χ2n) is 4.73. The third-order valence-electron chi connectivity index (χ3n) is 3.30. The smallest absolute Gasteiger partial charge is 0.311 e. The number of nitrogens with zero attached hydrogens (tertiary/aromatic N) is 4. The monoisotopic (exact) mass is 328 g/mol. The second kappa shape index (κ2) is 6.01. The van der Waals surface area contributed by atoms with Crippen molar-refractivity contribution in [3.05, 3.63) is 62.9 Å². The largest absolute Gasteiger partial charge is 0.502 e. The minimum atomic E-state index is -0.643. The fourth-order valence-corrected chi connectivity index (χ4v) is 3.09. The Balaban J connectivity index is 1.99. The highest BCUT2D eigenvalue weighted by Gasteiger charge is 2.14. The van der Waals surface area contributed by atoms with Gasteiger partial charge in [0.2, 0.25) is 10.6 Å². The van der Waals surface area contributed by atoms with Crippen LogP contribution in [0.25, 0.3) is 10.2 Å². The Hall–Kier alpha value is -3.00. The Bertz CT molecular complexity index is 988. The number of aryl methyl sites for hydroxylation is 1. The molecular formula is C15H12N4O3S. The Labute approximate surface area is 134 Å². The van der Waals surface area contributed by atoms with Crippen LogP contribution in [0.1, 0.15) is 5.56 Å². The number of thiazole rings is 1. The van der Waals surface area contributed by atoms with Crippen molar-refractivity contribution in [2.75, 3.05) is 0 Å². The maximum atomic E-state index is 10.8. The molecule has 0 aliphatic heterocycles. The quantitative estimate of drug-likeness (QED) is 0.455. The lowest BCUT2D eigenvalue weighted by atomic mass is 10.2. The highest BCUT2D eigenvalue weighted by molar-refractivity contribution is 7.16. The minimum Gasteiger partial charge on any atom is -0.502 e. The Morgan fingerprint density at radius 3 is 2.78 bits per heavy atom. The van der Waals surface area contributed by atoms with E-state index in [-0.39, 0.29) is 11.3 Å². The lowest BCUT2D eigenvalue weighted by Crippen LogP contribution is -2.08. The number of hydrogen-bond acceptors (Lipinski definition) is 6. The van der Waals surface area contributed by atoms with Gasteiger partial charge >= 0.3 is 5.69 Å². The van der Waals surface area contributed by atoms with Crippen LogP contribution in [0.2, 0.25) is 0 Å². The van der Waals surface area contributed by atoms with Crippen molar-refractivity contribution in [1.82, 2.24) is 4.57 Å². The summed E-state index contributed by atoms with van der Waals surface area (Å²) in [6.07, 6.45) is 1.30. The van der Waals surface area contributed by atoms with Crippen LogP contribution in [-0.2, 0) is 7.05 Å². The molecule has 7 nitrogen and oxygen atoms in total. The lowest BCUT2D eigenvalue weighted by molar-refractivity contribution is -0.385. The number of nitro benzene ring substituents is 1. The topological polar surface area (TPSA) is 93.0 Å². The molecule has 0 spiro atoms. The van der Waals surface area contributed by atoms with Crippen LogP contribution in [0.4, 0.5) is 5.69 Å². The van der Waals surface area contributed by atoms with Gasteiger partial charge in [0.05, 0.1) is 21.4 Å². The fraction of sp³-hybridized carbons (Fsp3) is 0.0667. The van der Waals surface area contributed by atoms with Crippen LogP contribution < -0.4 is 4.80 Å². The predicted octanol–water partition coefficient (Wildman–Crippen LogP) is 2.79. The summed E-state index contributed by atoms with van der Waals surface area (Å²) in [6, 6.07) is 12.1. The predicted molar refractivity (Wildman–Crippen MR) is 88.7 cm³/mol. The van der Waals surface area contributed by atoms with Gasteiger partial charge in [-0.2, -0.15) is 5.10 Å². The van der Waals surface area contributed by atoms with Crippen molar-refractivity contribution in [2.24, 2.45) is 17.3 Å². The number of para-hydroxylation sites is 2. The first-order valence-electron chi connectivity index (χ1n) is 6.66. The van der Waals surface area contributed by atoms with Crippen molar-refractivity contribution >= 4 is 33.5 Å². The van der Waals surface area contributed by atoms with E-state index in [9.17, 15) is 15.2 Å². The number of phenolic OH excluding ortho intramolecular Hbond substituents is 1. The van der Waals surface area contributed by atoms with Crippen LogP contribution in [0, 0.1) is 10.1 Å². The molecule has 3 aromatic rings. The van der Waals surface area contributed by atoms with Crippen LogP contribution >= 0.6 is 11.3 Å². The van der Waals surface area contributed by atoms with Gasteiger partial charge in [-0.1, -0.05) is 29.5 Å². The van der Waals surface area contributed by atoms with Crippen LogP contribution in [0.15, 0.2) is 52.7 Å². The number of aromatic hydroxyl groups is 1. The third kappa shape index (κ3) is 2.84. The summed E-state index contributed by atoms with van der Waals surface area (Å²) in [5.41, 5.74) is 0.928. The van der Waals surface area contributed by atoms with Gasteiger partial charge < -0.3 is 9.67 Å². The Kier molecular flexibility index (Phi) is 3.90. The molecule has 0 amide bonds. The van der Waals surface area contributed by atoms with Crippen molar-refractivity contribution in [2.45, 2.75) is 0 Å². The molecule has 1 N–H and O–H groups in total. The minimum absolute atomic E-state index is 0.242. The summed E-state index contributed by atoms with van der Waals surface area (Å²) >= 11 is 1.48. The maximum absolute atomic E-state index is 10.8. The molecule has 116 valence electrons. The summed E-state index contributed by atoms with van der Waals surface area (Å²) in [5.74, 6) is -0.419. The molecule has 0 atom stereocenters. The van der Waals surface area contributed by atoms with E-state index in [0.717, 1.165) is 10.2 Å². The van der Waals surface area contributed by atoms with E-state index in [1.54, 1.807) is 0 Å². The van der Waals surface area contributed by atoms with Gasteiger partial charge in [-0.15, -0.1) is 5.10 Å². The highest BCUT2D eigenvalue weighted by atomic mass is 32.1. The molecule has 0 radical (unpaired) electrons. The van der Waals surface area contributed by atoms with E-state index in [4.69, 9.17) is 0 Å². The first kappa shape index (κ1) is 14.9. The van der Waals surface area contributed by atoms with Crippen LogP contribution in [0.5, 0.6) is 5.75 Å². The van der Waals surface area contributed by atoms with E-state index in [1.807, 2.05) is 35.9 Å². The first-order chi connectivity index (χ1) is 11.1. The summed E-state index contributed by atoms with van der Waals surface area (Å²) < 4.78 is 2.99. The molecule has 1 aromatic heterocycles. The van der Waals surface area contributed by atoms with E-state index in [2.05, 4.69) is 10.2 Å². The molecule has 23 heavy (non-hydrogen) atoms. The number of hydrogen-bond donors (Lipinski definition) is 1. The van der Waals surface area contributed by atoms with E-state index in [0.29, 0.717) is 4.80 Å². The summed E-state index contributed by atoms with van der Waals surface area (Å²) in [7, 11) is 1.89. The van der Waals surface area contributed by atoms with Crippen molar-refractivity contribution in [1.29, 1.82) is 0 Å². The van der Waals surface area contributed by atoms with Gasteiger partial charge in [0.15, 0.2) is 0 Å². The van der Waals surface area contributed by atoms with Crippen molar-refractivity contribution in [3.63, 3.8) is 0 Å². The average Bonchev–Trinajstić information content (AvgIpc) is 2.85. The number of nitro groups is 1. The van der Waals surface area contributed by atoms with Crippen molar-refractivity contribution < 1.29 is 10.0 Å². The SMILES string of the molecule is Cn1c(=NN=Cc2cccc([N+](=O)[O-])c2O)sc2ccccc21. The molecule has 3 rings (SSSR count). The summed E-state index contributed by atoms with van der Waals surface area (Å²) in [6.45, 7) is 0. The average molecular weight is 328 g/mol. The molecule has 0 aliphatic carbocycles. The van der Waals surface area contributed by atoms with Gasteiger partial charge in [-0.05, 0) is 18.2 Å². The Morgan fingerprint density at radius 2 is 2.04 bits per heavy atom. The van der Waals surface area contributed by atoms with E-state index < -0.39 is 10.7 Å². The van der Waals surface area contributed by atoms with Crippen molar-refractivity contribution in [3.8, 4) is 5.75 Å². The van der Waals surface area contributed by atoms with Crippen LogP contribution in [0.3, 0.4) is 0 Å². The molecule has 2 aromatic carbocycles. The third-order valence-corrected chi connectivity index (χ3v) is 4.40. The molecule has 8 heteroatoms. The molecule has 0 aliphatic rings. The zero-order valence-corrected chi connectivity index (χ0v) is 12.9. The van der Waals surface area contributed by atoms with Gasteiger partial charge in [-0.3, -0.25) is 10.1 Å². The van der Waals surface area contributed by atoms with E-state index in [1.165, 1.54) is 35.8 Å². The molecule has 0 unspecified atom stereocenters. The molecule has 0 saturated heterocycles. The molecule has 0 saturated carbocycles. The summed E-state index contributed by atoms with van der Waals surface area (Å²) in [4.78, 5) is 10.8. The molecule has 1 heterocycles. The van der Waals surface area contributed by atoms with Gasteiger partial charge in [0.1, 0.15) is 0 Å². The number of benzene rings is 2. The van der Waals surface area contributed by atoms with Gasteiger partial charge in [-0.25, -0.2) is 0 Å². The number of phenols is 1. The lowest BCUT2D eigenvalue weighted by Gasteiger charge is -1.98. The van der Waals surface area contributed by atoms with Crippen LogP contribution in [-0.4, -0.2) is 20.8 Å². The number of aromatic nitrogens is 1. The summed E-state index contributed by atoms with van der Waals surface area (Å²) in [5, 5.41) is 28.7. The van der Waals surface area contributed by atoms with Gasteiger partial charge in [0.25, 0.3) is 0 Å². The Morgan fingerprint density at radius 1 is 1.26 bits per heavy atom. The standard InChI is InChI=1S/C15H12N4O3S/c1-18-11-6-2-3-8-13(11)23-15(18)17-16-9-10-5-4-7-12(14(10)20)19(21)22/h2-9,20H,1H3.